The summed E-state index contributed by atoms with van der Waals surface area (Å²) in [5.74, 6) is 0. The van der Waals surface area contributed by atoms with Gasteiger partial charge in [-0.3, -0.25) is 0 Å². The maximum Gasteiger partial charge on any atom is 0.139 e. The highest BCUT2D eigenvalue weighted by molar-refractivity contribution is 5.80. The Labute approximate surface area is 89.9 Å². The predicted molar refractivity (Wildman–Crippen MR) is 62.7 cm³/mol. The third-order valence-corrected chi connectivity index (χ3v) is 2.82. The number of hydrogen-bond acceptors (Lipinski definition) is 2. The van der Waals surface area contributed by atoms with Gasteiger partial charge >= 0.3 is 0 Å². The molecule has 0 fully saturated rings. The van der Waals surface area contributed by atoms with E-state index in [2.05, 4.69) is 28.7 Å². The van der Waals surface area contributed by atoms with Gasteiger partial charge in [0.25, 0.3) is 0 Å². The van der Waals surface area contributed by atoms with Gasteiger partial charge in [0, 0.05) is 30.9 Å². The van der Waals surface area contributed by atoms with Crippen LogP contribution in [0.15, 0.2) is 24.5 Å². The van der Waals surface area contributed by atoms with Crippen LogP contribution in [0, 0.1) is 0 Å². The molecule has 80 valence electrons. The Morgan fingerprint density at radius 2 is 2.33 bits per heavy atom. The summed E-state index contributed by atoms with van der Waals surface area (Å²) in [6, 6.07) is 4.33. The second-order valence-electron chi connectivity index (χ2n) is 4.01. The molecule has 1 atom stereocenters. The van der Waals surface area contributed by atoms with E-state index in [-0.39, 0.29) is 6.04 Å². The zero-order valence-electron chi connectivity index (χ0n) is 9.27. The van der Waals surface area contributed by atoms with Crippen LogP contribution in [-0.2, 0) is 13.5 Å². The number of aromatic nitrogens is 2. The highest BCUT2D eigenvalue weighted by Gasteiger charge is 2.09. The molecule has 0 amide bonds. The van der Waals surface area contributed by atoms with Crippen molar-refractivity contribution in [3.8, 4) is 0 Å². The zero-order valence-corrected chi connectivity index (χ0v) is 9.27. The number of pyridine rings is 1. The molecule has 0 spiro atoms. The van der Waals surface area contributed by atoms with Crippen molar-refractivity contribution in [2.24, 2.45) is 12.8 Å². The van der Waals surface area contributed by atoms with Crippen molar-refractivity contribution in [2.45, 2.75) is 25.8 Å². The van der Waals surface area contributed by atoms with Crippen LogP contribution in [0.3, 0.4) is 0 Å². The molecule has 3 heteroatoms. The minimum Gasteiger partial charge on any atom is -0.335 e. The molecule has 0 saturated carbocycles. The quantitative estimate of drug-likeness (QED) is 0.827. The molecule has 0 aliphatic rings. The van der Waals surface area contributed by atoms with Gasteiger partial charge in [-0.1, -0.05) is 6.92 Å². The van der Waals surface area contributed by atoms with E-state index >= 15 is 0 Å². The Bertz CT molecular complexity index is 459. The van der Waals surface area contributed by atoms with E-state index in [0.717, 1.165) is 18.5 Å². The van der Waals surface area contributed by atoms with E-state index in [4.69, 9.17) is 5.73 Å². The standard InChI is InChI=1S/C12H17N3/c1-3-10(13)7-9-8-15(2)12-11(9)5-4-6-14-12/h4-6,8,10H,3,7,13H2,1-2H3. The van der Waals surface area contributed by atoms with Gasteiger partial charge < -0.3 is 10.3 Å². The van der Waals surface area contributed by atoms with Gasteiger partial charge in [0.1, 0.15) is 5.65 Å². The first-order valence-electron chi connectivity index (χ1n) is 5.37. The van der Waals surface area contributed by atoms with Gasteiger partial charge in [0.05, 0.1) is 0 Å². The van der Waals surface area contributed by atoms with Crippen molar-refractivity contribution in [3.63, 3.8) is 0 Å². The molecule has 2 aromatic rings. The first kappa shape index (κ1) is 10.2. The number of rotatable bonds is 3. The van der Waals surface area contributed by atoms with E-state index in [1.54, 1.807) is 0 Å². The lowest BCUT2D eigenvalue weighted by Gasteiger charge is -2.06. The van der Waals surface area contributed by atoms with Crippen molar-refractivity contribution >= 4 is 11.0 Å². The summed E-state index contributed by atoms with van der Waals surface area (Å²) in [4.78, 5) is 4.36. The second kappa shape index (κ2) is 4.03. The van der Waals surface area contributed by atoms with Crippen LogP contribution in [-0.4, -0.2) is 15.6 Å². The predicted octanol–water partition coefficient (Wildman–Crippen LogP) is 1.85. The molecule has 0 bridgehead atoms. The van der Waals surface area contributed by atoms with Crippen LogP contribution >= 0.6 is 0 Å². The minimum atomic E-state index is 0.246. The summed E-state index contributed by atoms with van der Waals surface area (Å²) < 4.78 is 2.06. The van der Waals surface area contributed by atoms with Gasteiger partial charge in [-0.25, -0.2) is 4.98 Å². The van der Waals surface area contributed by atoms with Crippen LogP contribution < -0.4 is 5.73 Å². The highest BCUT2D eigenvalue weighted by atomic mass is 15.0. The largest absolute Gasteiger partial charge is 0.335 e. The SMILES string of the molecule is CCC(N)Cc1cn(C)c2ncccc12. The number of fused-ring (bicyclic) bond motifs is 1. The number of nitrogens with two attached hydrogens (primary N) is 1. The van der Waals surface area contributed by atoms with E-state index in [9.17, 15) is 0 Å². The number of nitrogens with zero attached hydrogens (tertiary/aromatic N) is 2. The molecule has 3 nitrogen and oxygen atoms in total. The lowest BCUT2D eigenvalue weighted by Crippen LogP contribution is -2.21. The monoisotopic (exact) mass is 203 g/mol. The van der Waals surface area contributed by atoms with Crippen LogP contribution in [0.25, 0.3) is 11.0 Å². The molecule has 15 heavy (non-hydrogen) atoms. The molecule has 0 aliphatic heterocycles. The van der Waals surface area contributed by atoms with Crippen molar-refractivity contribution in [2.75, 3.05) is 0 Å². The van der Waals surface area contributed by atoms with E-state index in [1.165, 1.54) is 10.9 Å². The third-order valence-electron chi connectivity index (χ3n) is 2.82. The summed E-state index contributed by atoms with van der Waals surface area (Å²) in [6.07, 6.45) is 5.90. The van der Waals surface area contributed by atoms with Gasteiger partial charge in [0.15, 0.2) is 0 Å². The summed E-state index contributed by atoms with van der Waals surface area (Å²) >= 11 is 0. The maximum absolute atomic E-state index is 5.98. The lowest BCUT2D eigenvalue weighted by molar-refractivity contribution is 0.647. The fraction of sp³-hybridized carbons (Fsp3) is 0.417. The summed E-state index contributed by atoms with van der Waals surface area (Å²) in [6.45, 7) is 2.12. The topological polar surface area (TPSA) is 43.8 Å². The van der Waals surface area contributed by atoms with E-state index in [0.29, 0.717) is 0 Å². The van der Waals surface area contributed by atoms with Crippen molar-refractivity contribution in [1.82, 2.24) is 9.55 Å². The molecular formula is C12H17N3. The van der Waals surface area contributed by atoms with Crippen LogP contribution in [0.4, 0.5) is 0 Å². The Hall–Kier alpha value is -1.35. The molecule has 2 heterocycles. The summed E-state index contributed by atoms with van der Waals surface area (Å²) in [5, 5.41) is 1.23. The first-order valence-corrected chi connectivity index (χ1v) is 5.37. The molecule has 2 aromatic heterocycles. The van der Waals surface area contributed by atoms with E-state index in [1.807, 2.05) is 19.3 Å². The van der Waals surface area contributed by atoms with E-state index < -0.39 is 0 Å². The Kier molecular flexibility index (Phi) is 2.73. The van der Waals surface area contributed by atoms with Crippen molar-refractivity contribution in [3.05, 3.63) is 30.1 Å². The van der Waals surface area contributed by atoms with Gasteiger partial charge in [-0.15, -0.1) is 0 Å². The van der Waals surface area contributed by atoms with Gasteiger partial charge in [0.2, 0.25) is 0 Å². The van der Waals surface area contributed by atoms with Crippen LogP contribution in [0.1, 0.15) is 18.9 Å². The second-order valence-corrected chi connectivity index (χ2v) is 4.01. The van der Waals surface area contributed by atoms with Crippen molar-refractivity contribution in [1.29, 1.82) is 0 Å². The molecule has 0 saturated heterocycles. The Balaban J connectivity index is 2.43. The first-order chi connectivity index (χ1) is 7.22. The third kappa shape index (κ3) is 1.88. The van der Waals surface area contributed by atoms with Crippen LogP contribution in [0.5, 0.6) is 0 Å². The smallest absolute Gasteiger partial charge is 0.139 e. The molecule has 0 radical (unpaired) electrons. The van der Waals surface area contributed by atoms with Gasteiger partial charge in [-0.05, 0) is 30.5 Å². The molecule has 0 aliphatic carbocycles. The lowest BCUT2D eigenvalue weighted by atomic mass is 10.1. The average Bonchev–Trinajstić information content (AvgIpc) is 2.57. The summed E-state index contributed by atoms with van der Waals surface area (Å²) in [5.41, 5.74) is 8.31. The Morgan fingerprint density at radius 1 is 1.53 bits per heavy atom. The van der Waals surface area contributed by atoms with Crippen molar-refractivity contribution < 1.29 is 0 Å². The number of aryl methyl sites for hydroxylation is 1. The fourth-order valence-corrected chi connectivity index (χ4v) is 1.88. The molecular weight excluding hydrogens is 186 g/mol. The summed E-state index contributed by atoms with van der Waals surface area (Å²) in [7, 11) is 2.02. The molecule has 2 rings (SSSR count). The molecule has 2 N–H and O–H groups in total. The fourth-order valence-electron chi connectivity index (χ4n) is 1.88. The van der Waals surface area contributed by atoms with Gasteiger partial charge in [-0.2, -0.15) is 0 Å². The molecule has 0 aromatic carbocycles. The zero-order chi connectivity index (χ0) is 10.8. The normalized spacial score (nSPS) is 13.3. The highest BCUT2D eigenvalue weighted by Crippen LogP contribution is 2.19. The average molecular weight is 203 g/mol. The number of hydrogen-bond donors (Lipinski definition) is 1. The Morgan fingerprint density at radius 3 is 3.07 bits per heavy atom. The maximum atomic E-state index is 5.98. The van der Waals surface area contributed by atoms with Crippen LogP contribution in [0.2, 0.25) is 0 Å². The minimum absolute atomic E-state index is 0.246. The molecule has 1 unspecified atom stereocenters.